The lowest BCUT2D eigenvalue weighted by Crippen LogP contribution is -2.43. The van der Waals surface area contributed by atoms with Crippen molar-refractivity contribution in [3.8, 4) is 11.5 Å². The molecule has 2 fully saturated rings. The van der Waals surface area contributed by atoms with Crippen molar-refractivity contribution in [2.45, 2.75) is 31.1 Å². The number of nitrogens with one attached hydrogen (secondary N) is 1. The molecule has 3 atom stereocenters. The van der Waals surface area contributed by atoms with Crippen LogP contribution in [-0.2, 0) is 4.79 Å². The van der Waals surface area contributed by atoms with E-state index < -0.39 is 11.9 Å². The summed E-state index contributed by atoms with van der Waals surface area (Å²) >= 11 is 5.92. The lowest BCUT2D eigenvalue weighted by molar-refractivity contribution is -0.134. The Morgan fingerprint density at radius 2 is 2.08 bits per heavy atom. The van der Waals surface area contributed by atoms with Crippen LogP contribution in [0.15, 0.2) is 36.7 Å². The Hall–Kier alpha value is -3.21. The first-order chi connectivity index (χ1) is 17.3. The Bertz CT molecular complexity index is 1290. The largest absolute Gasteiger partial charge is 0.493 e. The van der Waals surface area contributed by atoms with Crippen molar-refractivity contribution < 1.29 is 23.8 Å². The summed E-state index contributed by atoms with van der Waals surface area (Å²) < 4.78 is 26.4. The van der Waals surface area contributed by atoms with Gasteiger partial charge in [-0.15, -0.1) is 0 Å². The molecule has 2 aliphatic heterocycles. The van der Waals surface area contributed by atoms with Crippen molar-refractivity contribution in [1.82, 2.24) is 19.8 Å². The number of likely N-dealkylation sites (tertiary alicyclic amines) is 2. The molecular formula is C25H27ClFN5O4. The summed E-state index contributed by atoms with van der Waals surface area (Å²) in [6, 6.07) is 7.86. The molecule has 190 valence electrons. The van der Waals surface area contributed by atoms with E-state index >= 15 is 0 Å². The fourth-order valence-electron chi connectivity index (χ4n) is 4.80. The Labute approximate surface area is 212 Å². The van der Waals surface area contributed by atoms with Crippen LogP contribution in [0.5, 0.6) is 11.5 Å². The Kier molecular flexibility index (Phi) is 6.83. The highest BCUT2D eigenvalue weighted by atomic mass is 35.5. The van der Waals surface area contributed by atoms with Crippen LogP contribution in [0.3, 0.4) is 0 Å². The van der Waals surface area contributed by atoms with Gasteiger partial charge in [0.05, 0.1) is 35.5 Å². The van der Waals surface area contributed by atoms with E-state index in [-0.39, 0.29) is 28.8 Å². The van der Waals surface area contributed by atoms with Crippen LogP contribution >= 0.6 is 11.6 Å². The molecule has 1 aromatic heterocycles. The number of carbonyl (C=O) groups excluding carboxylic acids is 1. The monoisotopic (exact) mass is 515 g/mol. The van der Waals surface area contributed by atoms with Gasteiger partial charge in [-0.2, -0.15) is 0 Å². The number of aromatic nitrogens is 2. The van der Waals surface area contributed by atoms with Gasteiger partial charge in [0, 0.05) is 37.5 Å². The number of ether oxygens (including phenoxy) is 2. The minimum atomic E-state index is -0.578. The minimum absolute atomic E-state index is 0.00180. The van der Waals surface area contributed by atoms with Gasteiger partial charge in [-0.05, 0) is 31.7 Å². The number of amides is 1. The Morgan fingerprint density at radius 1 is 1.25 bits per heavy atom. The molecule has 1 amide bonds. The zero-order chi connectivity index (χ0) is 25.4. The number of halogens is 2. The number of hydrogen-bond acceptors (Lipinski definition) is 8. The molecule has 11 heteroatoms. The highest BCUT2D eigenvalue weighted by Gasteiger charge is 2.39. The van der Waals surface area contributed by atoms with Gasteiger partial charge in [0.1, 0.15) is 18.2 Å². The molecule has 5 rings (SSSR count). The van der Waals surface area contributed by atoms with Gasteiger partial charge < -0.3 is 24.8 Å². The number of rotatable bonds is 6. The molecule has 3 heterocycles. The molecule has 0 bridgehead atoms. The van der Waals surface area contributed by atoms with Gasteiger partial charge >= 0.3 is 0 Å². The van der Waals surface area contributed by atoms with Gasteiger partial charge in [-0.1, -0.05) is 17.7 Å². The molecule has 0 saturated carbocycles. The first kappa shape index (κ1) is 24.5. The third kappa shape index (κ3) is 4.76. The first-order valence-corrected chi connectivity index (χ1v) is 12.1. The molecule has 0 unspecified atom stereocenters. The molecule has 0 aliphatic carbocycles. The van der Waals surface area contributed by atoms with E-state index in [4.69, 9.17) is 21.1 Å². The molecular weight excluding hydrogens is 489 g/mol. The topological polar surface area (TPSA) is 100 Å². The fraction of sp³-hybridized carbons (Fsp3) is 0.400. The van der Waals surface area contributed by atoms with Crippen LogP contribution in [0.2, 0.25) is 5.02 Å². The molecule has 0 spiro atoms. The maximum atomic E-state index is 14.5. The number of nitrogens with zero attached hydrogens (tertiary/aromatic N) is 4. The van der Waals surface area contributed by atoms with E-state index in [9.17, 15) is 14.3 Å². The summed E-state index contributed by atoms with van der Waals surface area (Å²) in [4.78, 5) is 25.3. The summed E-state index contributed by atoms with van der Waals surface area (Å²) in [6.07, 6.45) is 1.78. The molecule has 2 aliphatic rings. The molecule has 9 nitrogen and oxygen atoms in total. The number of methoxy groups -OCH3 is 1. The molecule has 0 radical (unpaired) electrons. The summed E-state index contributed by atoms with van der Waals surface area (Å²) in [6.45, 7) is 1.49. The second-order valence-electron chi connectivity index (χ2n) is 9.13. The summed E-state index contributed by atoms with van der Waals surface area (Å²) in [5, 5.41) is 13.4. The second kappa shape index (κ2) is 10.0. The van der Waals surface area contributed by atoms with E-state index in [1.165, 1.54) is 12.4 Å². The van der Waals surface area contributed by atoms with Gasteiger partial charge in [-0.3, -0.25) is 9.69 Å². The van der Waals surface area contributed by atoms with Crippen molar-refractivity contribution in [2.24, 2.45) is 0 Å². The Balaban J connectivity index is 1.39. The number of likely N-dealkylation sites (N-methyl/N-ethyl adjacent to an activating group) is 1. The zero-order valence-electron chi connectivity index (χ0n) is 19.9. The number of aliphatic hydroxyl groups is 1. The van der Waals surface area contributed by atoms with Gasteiger partial charge in [0.25, 0.3) is 0 Å². The van der Waals surface area contributed by atoms with Crippen LogP contribution in [-0.4, -0.2) is 82.8 Å². The second-order valence-corrected chi connectivity index (χ2v) is 9.53. The SMILES string of the molecule is COc1cc2ncnc(Nc3cccc(Cl)c3F)c2cc1O[C@@H]1C[C@H](C(=O)N2CC[C@H](O)C2)N(C)C1. The predicted molar refractivity (Wildman–Crippen MR) is 133 cm³/mol. The fourth-order valence-corrected chi connectivity index (χ4v) is 4.98. The van der Waals surface area contributed by atoms with Crippen LogP contribution in [0.1, 0.15) is 12.8 Å². The predicted octanol–water partition coefficient (Wildman–Crippen LogP) is 3.22. The highest BCUT2D eigenvalue weighted by molar-refractivity contribution is 6.31. The van der Waals surface area contributed by atoms with E-state index in [0.29, 0.717) is 60.7 Å². The van der Waals surface area contributed by atoms with Crippen LogP contribution in [0, 0.1) is 5.82 Å². The number of benzene rings is 2. The average Bonchev–Trinajstić information content (AvgIpc) is 3.46. The smallest absolute Gasteiger partial charge is 0.240 e. The number of anilines is 2. The van der Waals surface area contributed by atoms with Crippen molar-refractivity contribution in [1.29, 1.82) is 0 Å². The summed E-state index contributed by atoms with van der Waals surface area (Å²) in [5.41, 5.74) is 0.773. The van der Waals surface area contributed by atoms with Crippen molar-refractivity contribution in [3.63, 3.8) is 0 Å². The van der Waals surface area contributed by atoms with Crippen molar-refractivity contribution in [2.75, 3.05) is 39.1 Å². The molecule has 2 aromatic carbocycles. The maximum Gasteiger partial charge on any atom is 0.240 e. The summed E-state index contributed by atoms with van der Waals surface area (Å²) in [5.74, 6) is 0.775. The number of fused-ring (bicyclic) bond motifs is 1. The van der Waals surface area contributed by atoms with Crippen LogP contribution in [0.4, 0.5) is 15.9 Å². The molecule has 3 aromatic rings. The lowest BCUT2D eigenvalue weighted by Gasteiger charge is -2.24. The van der Waals surface area contributed by atoms with E-state index in [1.807, 2.05) is 11.9 Å². The molecule has 2 N–H and O–H groups in total. The maximum absolute atomic E-state index is 14.5. The third-order valence-electron chi connectivity index (χ3n) is 6.69. The quantitative estimate of drug-likeness (QED) is 0.516. The third-order valence-corrected chi connectivity index (χ3v) is 6.98. The highest BCUT2D eigenvalue weighted by Crippen LogP contribution is 2.37. The van der Waals surface area contributed by atoms with Gasteiger partial charge in [0.15, 0.2) is 17.3 Å². The standard InChI is InChI=1S/C25H27ClFN5O4/c1-31-12-15(8-20(31)25(34)32-7-6-14(33)11-32)36-22-9-16-19(10-21(22)35-2)28-13-29-24(16)30-18-5-3-4-17(26)23(18)27/h3-5,9-10,13-15,20,33H,6-8,11-12H2,1-2H3,(H,28,29,30)/t14-,15+,20+/m0/s1. The van der Waals surface area contributed by atoms with E-state index in [2.05, 4.69) is 15.3 Å². The lowest BCUT2D eigenvalue weighted by atomic mass is 10.1. The van der Waals surface area contributed by atoms with E-state index in [1.54, 1.807) is 36.3 Å². The number of hydrogen-bond donors (Lipinski definition) is 2. The Morgan fingerprint density at radius 3 is 2.83 bits per heavy atom. The first-order valence-electron chi connectivity index (χ1n) is 11.7. The zero-order valence-corrected chi connectivity index (χ0v) is 20.7. The number of aliphatic hydroxyl groups excluding tert-OH is 1. The summed E-state index contributed by atoms with van der Waals surface area (Å²) in [7, 11) is 3.44. The number of β-amino-alcohol motifs (C(OH)–C–C–N with tert-alkyl or cyclic N) is 1. The molecule has 36 heavy (non-hydrogen) atoms. The van der Waals surface area contributed by atoms with Crippen LogP contribution in [0.25, 0.3) is 10.9 Å². The van der Waals surface area contributed by atoms with Crippen molar-refractivity contribution in [3.05, 3.63) is 47.5 Å². The van der Waals surface area contributed by atoms with Crippen molar-refractivity contribution >= 4 is 39.9 Å². The van der Waals surface area contributed by atoms with Gasteiger partial charge in [-0.25, -0.2) is 14.4 Å². The molecule has 2 saturated heterocycles. The van der Waals surface area contributed by atoms with Gasteiger partial charge in [0.2, 0.25) is 5.91 Å². The minimum Gasteiger partial charge on any atom is -0.493 e. The van der Waals surface area contributed by atoms with Crippen LogP contribution < -0.4 is 14.8 Å². The van der Waals surface area contributed by atoms with E-state index in [0.717, 1.165) is 0 Å². The number of carbonyl (C=O) groups is 1. The normalized spacial score (nSPS) is 22.2. The average molecular weight is 516 g/mol.